The van der Waals surface area contributed by atoms with Crippen molar-refractivity contribution in [3.8, 4) is 5.75 Å². The van der Waals surface area contributed by atoms with Gasteiger partial charge in [-0.15, -0.1) is 0 Å². The molecular weight excluding hydrogens is 327 g/mol. The van der Waals surface area contributed by atoms with Crippen molar-refractivity contribution in [1.29, 1.82) is 0 Å². The third-order valence-electron chi connectivity index (χ3n) is 4.37. The van der Waals surface area contributed by atoms with Gasteiger partial charge in [-0.1, -0.05) is 15.9 Å². The number of ketones is 2. The maximum Gasteiger partial charge on any atom is 0.151 e. The van der Waals surface area contributed by atoms with Crippen molar-refractivity contribution in [3.63, 3.8) is 0 Å². The van der Waals surface area contributed by atoms with E-state index < -0.39 is 11.7 Å². The van der Waals surface area contributed by atoms with Gasteiger partial charge in [0.1, 0.15) is 17.5 Å². The van der Waals surface area contributed by atoms with E-state index in [2.05, 4.69) is 15.9 Å². The lowest BCUT2D eigenvalue weighted by Crippen LogP contribution is -2.35. The highest BCUT2D eigenvalue weighted by molar-refractivity contribution is 9.10. The molecule has 0 N–H and O–H groups in total. The van der Waals surface area contributed by atoms with E-state index in [1.54, 1.807) is 6.07 Å². The Hall–Kier alpha value is -1.23. The van der Waals surface area contributed by atoms with Gasteiger partial charge in [-0.25, -0.2) is 4.39 Å². The second kappa shape index (κ2) is 4.95. The van der Waals surface area contributed by atoms with Crippen LogP contribution >= 0.6 is 15.9 Å². The molecule has 1 aromatic carbocycles. The Morgan fingerprint density at radius 1 is 1.20 bits per heavy atom. The summed E-state index contributed by atoms with van der Waals surface area (Å²) >= 11 is 3.19. The number of carbonyl (C=O) groups is 2. The normalized spacial score (nSPS) is 28.9. The molecule has 0 heterocycles. The molecule has 0 amide bonds. The Morgan fingerprint density at radius 3 is 2.35 bits per heavy atom. The number of hydrogen-bond donors (Lipinski definition) is 0. The fourth-order valence-corrected chi connectivity index (χ4v) is 3.81. The predicted octanol–water partition coefficient (Wildman–Crippen LogP) is 3.25. The van der Waals surface area contributed by atoms with Crippen LogP contribution in [0, 0.1) is 17.7 Å². The molecule has 2 fully saturated rings. The quantitative estimate of drug-likeness (QED) is 0.776. The number of fused-ring (bicyclic) bond motifs is 2. The Balaban J connectivity index is 2.13. The molecule has 5 heteroatoms. The third-order valence-corrected chi connectivity index (χ3v) is 4.83. The molecular formula is C15H14BrFO3. The first-order valence-corrected chi connectivity index (χ1v) is 7.42. The fraction of sp³-hybridized carbons (Fsp3) is 0.467. The van der Waals surface area contributed by atoms with Gasteiger partial charge < -0.3 is 4.74 Å². The summed E-state index contributed by atoms with van der Waals surface area (Å²) in [5.41, 5.74) is 0.0994. The van der Waals surface area contributed by atoms with E-state index in [-0.39, 0.29) is 34.7 Å². The number of carbonyl (C=O) groups excluding carboxylic acids is 2. The minimum Gasteiger partial charge on any atom is -0.496 e. The topological polar surface area (TPSA) is 43.4 Å². The first-order valence-electron chi connectivity index (χ1n) is 6.63. The van der Waals surface area contributed by atoms with Gasteiger partial charge in [-0.2, -0.15) is 0 Å². The number of ether oxygens (including phenoxy) is 1. The highest BCUT2D eigenvalue weighted by Gasteiger charge is 2.49. The summed E-state index contributed by atoms with van der Waals surface area (Å²) in [7, 11) is 1.41. The van der Waals surface area contributed by atoms with Gasteiger partial charge in [-0.05, 0) is 31.4 Å². The number of hydrogen-bond acceptors (Lipinski definition) is 3. The molecule has 2 atom stereocenters. The SMILES string of the molecule is COc1cc(Br)cc(F)c1C1C(=O)C2CCC(C2)C1=O. The maximum atomic E-state index is 14.3. The molecule has 106 valence electrons. The summed E-state index contributed by atoms with van der Waals surface area (Å²) in [6.45, 7) is 0. The zero-order chi connectivity index (χ0) is 14.4. The Bertz CT molecular complexity index is 577. The molecule has 2 aliphatic carbocycles. The second-order valence-electron chi connectivity index (χ2n) is 5.45. The predicted molar refractivity (Wildman–Crippen MR) is 74.2 cm³/mol. The van der Waals surface area contributed by atoms with Gasteiger partial charge in [0.2, 0.25) is 0 Å². The van der Waals surface area contributed by atoms with Crippen molar-refractivity contribution >= 4 is 27.5 Å². The number of halogens is 2. The van der Waals surface area contributed by atoms with Gasteiger partial charge in [-0.3, -0.25) is 9.59 Å². The Morgan fingerprint density at radius 2 is 1.80 bits per heavy atom. The average molecular weight is 341 g/mol. The Labute approximate surface area is 124 Å². The number of methoxy groups -OCH3 is 1. The minimum atomic E-state index is -0.996. The van der Waals surface area contributed by atoms with Crippen molar-refractivity contribution in [3.05, 3.63) is 28.0 Å². The van der Waals surface area contributed by atoms with Crippen LogP contribution in [0.25, 0.3) is 0 Å². The van der Waals surface area contributed by atoms with Gasteiger partial charge in [0.25, 0.3) is 0 Å². The van der Waals surface area contributed by atoms with Crippen LogP contribution in [0.4, 0.5) is 4.39 Å². The van der Waals surface area contributed by atoms with Crippen LogP contribution in [0.15, 0.2) is 16.6 Å². The van der Waals surface area contributed by atoms with Crippen molar-refractivity contribution in [2.24, 2.45) is 11.8 Å². The lowest BCUT2D eigenvalue weighted by molar-refractivity contribution is -0.136. The van der Waals surface area contributed by atoms with E-state index >= 15 is 0 Å². The number of rotatable bonds is 2. The molecule has 3 rings (SSSR count). The first-order chi connectivity index (χ1) is 9.52. The van der Waals surface area contributed by atoms with Crippen LogP contribution < -0.4 is 4.74 Å². The molecule has 1 aromatic rings. The molecule has 2 aliphatic rings. The van der Waals surface area contributed by atoms with Crippen LogP contribution in [-0.4, -0.2) is 18.7 Å². The highest BCUT2D eigenvalue weighted by Crippen LogP contribution is 2.46. The van der Waals surface area contributed by atoms with E-state index in [1.165, 1.54) is 13.2 Å². The number of benzene rings is 1. The lowest BCUT2D eigenvalue weighted by Gasteiger charge is -2.27. The maximum absolute atomic E-state index is 14.3. The molecule has 3 nitrogen and oxygen atoms in total. The van der Waals surface area contributed by atoms with Crippen molar-refractivity contribution in [2.75, 3.05) is 7.11 Å². The van der Waals surface area contributed by atoms with Gasteiger partial charge in [0.15, 0.2) is 11.6 Å². The van der Waals surface area contributed by atoms with Crippen LogP contribution in [0.2, 0.25) is 0 Å². The lowest BCUT2D eigenvalue weighted by atomic mass is 9.75. The van der Waals surface area contributed by atoms with Crippen molar-refractivity contribution in [1.82, 2.24) is 0 Å². The van der Waals surface area contributed by atoms with E-state index in [1.807, 2.05) is 0 Å². The monoisotopic (exact) mass is 340 g/mol. The van der Waals surface area contributed by atoms with Crippen molar-refractivity contribution < 1.29 is 18.7 Å². The molecule has 20 heavy (non-hydrogen) atoms. The molecule has 0 saturated heterocycles. The largest absolute Gasteiger partial charge is 0.496 e. The first kappa shape index (κ1) is 13.7. The molecule has 0 radical (unpaired) electrons. The molecule has 2 saturated carbocycles. The summed E-state index contributed by atoms with van der Waals surface area (Å²) in [5, 5.41) is 0. The molecule has 0 aliphatic heterocycles. The smallest absolute Gasteiger partial charge is 0.151 e. The van der Waals surface area contributed by atoms with Gasteiger partial charge >= 0.3 is 0 Å². The zero-order valence-corrected chi connectivity index (χ0v) is 12.6. The fourth-order valence-electron chi connectivity index (χ4n) is 3.40. The average Bonchev–Trinajstić information content (AvgIpc) is 2.85. The minimum absolute atomic E-state index is 0.0994. The summed E-state index contributed by atoms with van der Waals surface area (Å²) in [6, 6.07) is 2.87. The summed E-state index contributed by atoms with van der Waals surface area (Å²) in [6.07, 6.45) is 2.12. The van der Waals surface area contributed by atoms with Gasteiger partial charge in [0.05, 0.1) is 7.11 Å². The van der Waals surface area contributed by atoms with E-state index in [9.17, 15) is 14.0 Å². The second-order valence-corrected chi connectivity index (χ2v) is 6.36. The number of Topliss-reactive ketones (excluding diaryl/α,β-unsaturated/α-hetero) is 2. The van der Waals surface area contributed by atoms with Crippen molar-refractivity contribution in [2.45, 2.75) is 25.2 Å². The van der Waals surface area contributed by atoms with Crippen LogP contribution in [0.1, 0.15) is 30.7 Å². The Kier molecular flexibility index (Phi) is 3.40. The van der Waals surface area contributed by atoms with Gasteiger partial charge in [0, 0.05) is 21.9 Å². The highest BCUT2D eigenvalue weighted by atomic mass is 79.9. The summed E-state index contributed by atoms with van der Waals surface area (Å²) < 4.78 is 20.0. The molecule has 0 spiro atoms. The van der Waals surface area contributed by atoms with Crippen LogP contribution in [0.3, 0.4) is 0 Å². The van der Waals surface area contributed by atoms with Crippen LogP contribution in [0.5, 0.6) is 5.75 Å². The molecule has 0 aromatic heterocycles. The zero-order valence-electron chi connectivity index (χ0n) is 11.0. The van der Waals surface area contributed by atoms with E-state index in [0.29, 0.717) is 10.9 Å². The molecule has 2 unspecified atom stereocenters. The summed E-state index contributed by atoms with van der Waals surface area (Å²) in [4.78, 5) is 24.9. The standard InChI is InChI=1S/C15H14BrFO3/c1-20-11-6-9(16)5-10(17)12(11)13-14(18)7-2-3-8(4-7)15(13)19/h5-8,13H,2-4H2,1H3. The molecule has 2 bridgehead atoms. The van der Waals surface area contributed by atoms with E-state index in [0.717, 1.165) is 12.8 Å². The third kappa shape index (κ3) is 1.99. The summed E-state index contributed by atoms with van der Waals surface area (Å²) in [5.74, 6) is -1.81. The van der Waals surface area contributed by atoms with Crippen LogP contribution in [-0.2, 0) is 9.59 Å². The van der Waals surface area contributed by atoms with E-state index in [4.69, 9.17) is 4.74 Å².